The average Bonchev–Trinajstić information content (AvgIpc) is 2.14. The molecule has 0 amide bonds. The number of hydrogen-bond acceptors (Lipinski definition) is 3. The van der Waals surface area contributed by atoms with Crippen LogP contribution in [0.15, 0.2) is 0 Å². The van der Waals surface area contributed by atoms with E-state index in [9.17, 15) is 0 Å². The average molecular weight is 203 g/mol. The second-order valence-electron chi connectivity index (χ2n) is 3.95. The predicted octanol–water partition coefficient (Wildman–Crippen LogP) is 1.90. The molecule has 0 aromatic heterocycles. The minimum absolute atomic E-state index is 0.344. The van der Waals surface area contributed by atoms with Crippen LogP contribution in [-0.4, -0.2) is 37.3 Å². The molecule has 0 aromatic rings. The Kier molecular flexibility index (Phi) is 5.14. The monoisotopic (exact) mass is 203 g/mol. The van der Waals surface area contributed by atoms with Gasteiger partial charge in [-0.05, 0) is 44.7 Å². The van der Waals surface area contributed by atoms with Crippen LogP contribution in [0, 0.1) is 0 Å². The van der Waals surface area contributed by atoms with Crippen molar-refractivity contribution in [2.75, 3.05) is 31.8 Å². The zero-order chi connectivity index (χ0) is 9.57. The molecule has 13 heavy (non-hydrogen) atoms. The summed E-state index contributed by atoms with van der Waals surface area (Å²) >= 11 is 1.92. The Morgan fingerprint density at radius 3 is 2.69 bits per heavy atom. The van der Waals surface area contributed by atoms with Crippen LogP contribution >= 0.6 is 11.8 Å². The van der Waals surface area contributed by atoms with Gasteiger partial charge in [0, 0.05) is 18.8 Å². The maximum Gasteiger partial charge on any atom is 0.0483 e. The van der Waals surface area contributed by atoms with Crippen LogP contribution in [0.4, 0.5) is 0 Å². The first-order valence-corrected chi connectivity index (χ1v) is 6.48. The normalized spacial score (nSPS) is 21.7. The van der Waals surface area contributed by atoms with Crippen LogP contribution < -0.4 is 5.32 Å². The van der Waals surface area contributed by atoms with Crippen LogP contribution in [0.5, 0.6) is 0 Å². The summed E-state index contributed by atoms with van der Waals surface area (Å²) in [5, 5.41) is 3.64. The van der Waals surface area contributed by atoms with E-state index in [0.717, 1.165) is 32.6 Å². The van der Waals surface area contributed by atoms with Gasteiger partial charge in [-0.3, -0.25) is 0 Å². The highest BCUT2D eigenvalue weighted by molar-refractivity contribution is 7.98. The van der Waals surface area contributed by atoms with Gasteiger partial charge >= 0.3 is 0 Å². The molecule has 0 aromatic carbocycles. The van der Waals surface area contributed by atoms with Crippen LogP contribution in [0.2, 0.25) is 0 Å². The van der Waals surface area contributed by atoms with Crippen molar-refractivity contribution in [3.63, 3.8) is 0 Å². The van der Waals surface area contributed by atoms with Gasteiger partial charge in [-0.25, -0.2) is 0 Å². The van der Waals surface area contributed by atoms with Gasteiger partial charge in [0.15, 0.2) is 0 Å². The Labute approximate surface area is 85.8 Å². The largest absolute Gasteiger partial charge is 0.381 e. The molecule has 1 aliphatic heterocycles. The molecule has 0 aliphatic carbocycles. The molecule has 0 spiro atoms. The van der Waals surface area contributed by atoms with Gasteiger partial charge in [-0.2, -0.15) is 11.8 Å². The summed E-state index contributed by atoms with van der Waals surface area (Å²) in [5.74, 6) is 1.26. The van der Waals surface area contributed by atoms with Crippen molar-refractivity contribution >= 4 is 11.8 Å². The van der Waals surface area contributed by atoms with E-state index in [1.165, 1.54) is 12.2 Å². The molecule has 78 valence electrons. The number of thioether (sulfide) groups is 1. The van der Waals surface area contributed by atoms with Gasteiger partial charge in [-0.1, -0.05) is 0 Å². The van der Waals surface area contributed by atoms with Crippen molar-refractivity contribution < 1.29 is 4.74 Å². The van der Waals surface area contributed by atoms with Gasteiger partial charge < -0.3 is 10.1 Å². The molecule has 1 aliphatic rings. The fourth-order valence-electron chi connectivity index (χ4n) is 1.61. The van der Waals surface area contributed by atoms with E-state index < -0.39 is 0 Å². The maximum atomic E-state index is 5.35. The van der Waals surface area contributed by atoms with Crippen LogP contribution in [0.3, 0.4) is 0 Å². The highest BCUT2D eigenvalue weighted by Gasteiger charge is 2.25. The SMILES string of the molecule is CSCCCNC1(C)CCOCC1. The summed E-state index contributed by atoms with van der Waals surface area (Å²) in [4.78, 5) is 0. The molecule has 1 N–H and O–H groups in total. The number of rotatable bonds is 5. The summed E-state index contributed by atoms with van der Waals surface area (Å²) in [5.41, 5.74) is 0.344. The zero-order valence-electron chi connectivity index (χ0n) is 8.77. The Balaban J connectivity index is 2.10. The van der Waals surface area contributed by atoms with Crippen molar-refractivity contribution in [3.8, 4) is 0 Å². The Morgan fingerprint density at radius 2 is 2.08 bits per heavy atom. The quantitative estimate of drug-likeness (QED) is 0.690. The molecule has 1 heterocycles. The number of ether oxygens (including phenoxy) is 1. The van der Waals surface area contributed by atoms with Crippen molar-refractivity contribution in [3.05, 3.63) is 0 Å². The maximum absolute atomic E-state index is 5.35. The fraction of sp³-hybridized carbons (Fsp3) is 1.00. The first-order chi connectivity index (χ1) is 6.27. The first-order valence-electron chi connectivity index (χ1n) is 5.08. The lowest BCUT2D eigenvalue weighted by Crippen LogP contribution is -2.47. The molecule has 3 heteroatoms. The molecule has 0 atom stereocenters. The molecule has 1 saturated heterocycles. The summed E-state index contributed by atoms with van der Waals surface area (Å²) in [6.07, 6.45) is 5.76. The Morgan fingerprint density at radius 1 is 1.38 bits per heavy atom. The third-order valence-electron chi connectivity index (χ3n) is 2.67. The molecule has 1 fully saturated rings. The van der Waals surface area contributed by atoms with E-state index in [4.69, 9.17) is 4.74 Å². The molecule has 0 radical (unpaired) electrons. The number of hydrogen-bond donors (Lipinski definition) is 1. The lowest BCUT2D eigenvalue weighted by molar-refractivity contribution is 0.0455. The lowest BCUT2D eigenvalue weighted by atomic mass is 9.92. The minimum Gasteiger partial charge on any atom is -0.381 e. The lowest BCUT2D eigenvalue weighted by Gasteiger charge is -2.34. The van der Waals surface area contributed by atoms with E-state index in [1.54, 1.807) is 0 Å². The smallest absolute Gasteiger partial charge is 0.0483 e. The molecular formula is C10H21NOS. The summed E-state index contributed by atoms with van der Waals surface area (Å²) < 4.78 is 5.35. The topological polar surface area (TPSA) is 21.3 Å². The summed E-state index contributed by atoms with van der Waals surface area (Å²) in [6.45, 7) is 5.31. The van der Waals surface area contributed by atoms with Gasteiger partial charge in [0.2, 0.25) is 0 Å². The van der Waals surface area contributed by atoms with Crippen molar-refractivity contribution in [2.24, 2.45) is 0 Å². The second kappa shape index (κ2) is 5.89. The zero-order valence-corrected chi connectivity index (χ0v) is 9.58. The predicted molar refractivity (Wildman–Crippen MR) is 59.5 cm³/mol. The third-order valence-corrected chi connectivity index (χ3v) is 3.37. The molecule has 2 nitrogen and oxygen atoms in total. The fourth-order valence-corrected chi connectivity index (χ4v) is 2.04. The van der Waals surface area contributed by atoms with Crippen molar-refractivity contribution in [2.45, 2.75) is 31.7 Å². The number of nitrogens with one attached hydrogen (secondary N) is 1. The van der Waals surface area contributed by atoms with Gasteiger partial charge in [0.05, 0.1) is 0 Å². The van der Waals surface area contributed by atoms with E-state index in [1.807, 2.05) is 11.8 Å². The third kappa shape index (κ3) is 4.34. The second-order valence-corrected chi connectivity index (χ2v) is 4.93. The standard InChI is InChI=1S/C10H21NOS/c1-10(4-7-12-8-5-10)11-6-3-9-13-2/h11H,3-9H2,1-2H3. The highest BCUT2D eigenvalue weighted by Crippen LogP contribution is 2.19. The van der Waals surface area contributed by atoms with E-state index in [0.29, 0.717) is 5.54 Å². The van der Waals surface area contributed by atoms with Gasteiger partial charge in [0.25, 0.3) is 0 Å². The van der Waals surface area contributed by atoms with Crippen LogP contribution in [0.1, 0.15) is 26.2 Å². The molecule has 1 rings (SSSR count). The van der Waals surface area contributed by atoms with E-state index in [-0.39, 0.29) is 0 Å². The Hall–Kier alpha value is 0.270. The van der Waals surface area contributed by atoms with Crippen LogP contribution in [-0.2, 0) is 4.74 Å². The molecule has 0 unspecified atom stereocenters. The van der Waals surface area contributed by atoms with Crippen molar-refractivity contribution in [1.29, 1.82) is 0 Å². The summed E-state index contributed by atoms with van der Waals surface area (Å²) in [7, 11) is 0. The van der Waals surface area contributed by atoms with Crippen LogP contribution in [0.25, 0.3) is 0 Å². The first kappa shape index (κ1) is 11.3. The van der Waals surface area contributed by atoms with E-state index in [2.05, 4.69) is 18.5 Å². The molecule has 0 bridgehead atoms. The highest BCUT2D eigenvalue weighted by atomic mass is 32.2. The van der Waals surface area contributed by atoms with Gasteiger partial charge in [0.1, 0.15) is 0 Å². The molecular weight excluding hydrogens is 182 g/mol. The van der Waals surface area contributed by atoms with E-state index >= 15 is 0 Å². The Bertz CT molecular complexity index is 135. The van der Waals surface area contributed by atoms with Crippen molar-refractivity contribution in [1.82, 2.24) is 5.32 Å². The molecule has 0 saturated carbocycles. The van der Waals surface area contributed by atoms with Gasteiger partial charge in [-0.15, -0.1) is 0 Å². The minimum atomic E-state index is 0.344. The summed E-state index contributed by atoms with van der Waals surface area (Å²) in [6, 6.07) is 0.